The molecule has 0 aromatic rings. The average Bonchev–Trinajstić information content (AvgIpc) is 1.88. The van der Waals surface area contributed by atoms with E-state index in [9.17, 15) is 0 Å². The number of rotatable bonds is 5. The van der Waals surface area contributed by atoms with E-state index >= 15 is 0 Å². The maximum Gasteiger partial charge on any atom is 0.0573 e. The molecule has 0 aliphatic rings. The van der Waals surface area contributed by atoms with Crippen molar-refractivity contribution in [1.82, 2.24) is 10.5 Å². The molecule has 0 aromatic heterocycles. The lowest BCUT2D eigenvalue weighted by Gasteiger charge is -2.17. The monoisotopic (exact) mass is 135 g/mol. The highest BCUT2D eigenvalue weighted by Gasteiger charge is 1.97. The third-order valence-electron chi connectivity index (χ3n) is 0.922. The topological polar surface area (TPSA) is 81.8 Å². The Hall–Kier alpha value is -0.200. The zero-order valence-corrected chi connectivity index (χ0v) is 5.25. The summed E-state index contributed by atoms with van der Waals surface area (Å²) in [6.07, 6.45) is 0. The number of nitrogens with zero attached hydrogens (tertiary/aromatic N) is 1. The Labute approximate surface area is 54.0 Å². The lowest BCUT2D eigenvalue weighted by Crippen LogP contribution is -2.45. The summed E-state index contributed by atoms with van der Waals surface area (Å²) in [5.41, 5.74) is 2.32. The molecule has 0 rings (SSSR count). The Morgan fingerprint density at radius 1 is 1.22 bits per heavy atom. The van der Waals surface area contributed by atoms with Gasteiger partial charge in [0.2, 0.25) is 0 Å². The van der Waals surface area contributed by atoms with Gasteiger partial charge in [0.25, 0.3) is 0 Å². The van der Waals surface area contributed by atoms with Crippen molar-refractivity contribution in [2.75, 3.05) is 26.3 Å². The van der Waals surface area contributed by atoms with E-state index in [4.69, 9.17) is 16.1 Å². The molecule has 0 unspecified atom stereocenters. The minimum atomic E-state index is 0.0319. The van der Waals surface area contributed by atoms with Gasteiger partial charge >= 0.3 is 0 Å². The normalized spacial score (nSPS) is 10.7. The quantitative estimate of drug-likeness (QED) is 0.251. The van der Waals surface area contributed by atoms with Crippen LogP contribution in [0.15, 0.2) is 0 Å². The van der Waals surface area contributed by atoms with Crippen molar-refractivity contribution in [3.05, 3.63) is 0 Å². The van der Waals surface area contributed by atoms with Crippen LogP contribution in [-0.4, -0.2) is 41.5 Å². The minimum absolute atomic E-state index is 0.0319. The summed E-state index contributed by atoms with van der Waals surface area (Å²) in [5, 5.41) is 18.3. The molecule has 0 radical (unpaired) electrons. The van der Waals surface area contributed by atoms with E-state index in [2.05, 4.69) is 5.53 Å². The Morgan fingerprint density at radius 2 is 1.67 bits per heavy atom. The number of aliphatic hydroxyl groups excluding tert-OH is 2. The molecule has 0 bridgehead atoms. The molecule has 0 aliphatic carbocycles. The summed E-state index contributed by atoms with van der Waals surface area (Å²) >= 11 is 0. The standard InChI is InChI=1S/C4H13N3O2/c5-6-7(1-3-8)2-4-9/h6,8-9H,1-5H2. The predicted octanol–water partition coefficient (Wildman–Crippen LogP) is -2.35. The fourth-order valence-electron chi connectivity index (χ4n) is 0.482. The van der Waals surface area contributed by atoms with E-state index < -0.39 is 0 Å². The van der Waals surface area contributed by atoms with Crippen LogP contribution < -0.4 is 11.4 Å². The van der Waals surface area contributed by atoms with Gasteiger partial charge in [-0.3, -0.25) is 5.84 Å². The molecular formula is C4H13N3O2. The summed E-state index contributed by atoms with van der Waals surface area (Å²) in [5.74, 6) is 5.00. The molecule has 0 aromatic carbocycles. The highest BCUT2D eigenvalue weighted by Crippen LogP contribution is 1.75. The molecule has 9 heavy (non-hydrogen) atoms. The third-order valence-corrected chi connectivity index (χ3v) is 0.922. The predicted molar refractivity (Wildman–Crippen MR) is 33.1 cm³/mol. The number of hydrogen-bond acceptors (Lipinski definition) is 5. The van der Waals surface area contributed by atoms with Crippen molar-refractivity contribution in [2.24, 2.45) is 5.84 Å². The van der Waals surface area contributed by atoms with E-state index in [1.165, 1.54) is 5.01 Å². The van der Waals surface area contributed by atoms with Crippen molar-refractivity contribution in [3.63, 3.8) is 0 Å². The first-order valence-corrected chi connectivity index (χ1v) is 2.78. The first-order valence-electron chi connectivity index (χ1n) is 2.78. The largest absolute Gasteiger partial charge is 0.395 e. The lowest BCUT2D eigenvalue weighted by molar-refractivity contribution is 0.116. The maximum absolute atomic E-state index is 8.38. The zero-order valence-electron chi connectivity index (χ0n) is 5.25. The second-order valence-corrected chi connectivity index (χ2v) is 1.56. The van der Waals surface area contributed by atoms with Gasteiger partial charge in [-0.2, -0.15) is 5.53 Å². The molecule has 0 fully saturated rings. The summed E-state index contributed by atoms with van der Waals surface area (Å²) in [6, 6.07) is 0. The van der Waals surface area contributed by atoms with Gasteiger partial charge in [-0.1, -0.05) is 0 Å². The molecule has 0 saturated carbocycles. The summed E-state index contributed by atoms with van der Waals surface area (Å²) in [4.78, 5) is 0. The number of nitrogens with two attached hydrogens (primary N) is 1. The Bertz CT molecular complexity index is 55.8. The molecule has 0 aliphatic heterocycles. The van der Waals surface area contributed by atoms with Crippen LogP contribution in [0, 0.1) is 0 Å². The van der Waals surface area contributed by atoms with Crippen LogP contribution >= 0.6 is 0 Å². The zero-order chi connectivity index (χ0) is 7.11. The van der Waals surface area contributed by atoms with Crippen LogP contribution in [0.3, 0.4) is 0 Å². The summed E-state index contributed by atoms with van der Waals surface area (Å²) < 4.78 is 0. The van der Waals surface area contributed by atoms with Crippen LogP contribution in [0.5, 0.6) is 0 Å². The van der Waals surface area contributed by atoms with Crippen molar-refractivity contribution in [2.45, 2.75) is 0 Å². The van der Waals surface area contributed by atoms with Gasteiger partial charge in [-0.25, -0.2) is 5.01 Å². The van der Waals surface area contributed by atoms with Crippen LogP contribution in [0.2, 0.25) is 0 Å². The average molecular weight is 135 g/mol. The van der Waals surface area contributed by atoms with Crippen molar-refractivity contribution < 1.29 is 10.2 Å². The number of hydrogen-bond donors (Lipinski definition) is 4. The van der Waals surface area contributed by atoms with Gasteiger partial charge < -0.3 is 10.2 Å². The highest BCUT2D eigenvalue weighted by atomic mass is 16.3. The summed E-state index contributed by atoms with van der Waals surface area (Å²) in [6.45, 7) is 0.919. The van der Waals surface area contributed by atoms with Crippen molar-refractivity contribution in [3.8, 4) is 0 Å². The van der Waals surface area contributed by atoms with E-state index in [0.29, 0.717) is 13.1 Å². The number of hydrazine groups is 2. The smallest absolute Gasteiger partial charge is 0.0573 e. The second-order valence-electron chi connectivity index (χ2n) is 1.56. The van der Waals surface area contributed by atoms with Gasteiger partial charge in [-0.15, -0.1) is 0 Å². The molecule has 0 heterocycles. The second kappa shape index (κ2) is 5.93. The Kier molecular flexibility index (Phi) is 5.80. The Morgan fingerprint density at radius 3 is 1.89 bits per heavy atom. The first-order chi connectivity index (χ1) is 4.35. The van der Waals surface area contributed by atoms with E-state index in [0.717, 1.165) is 0 Å². The van der Waals surface area contributed by atoms with Gasteiger partial charge in [0.15, 0.2) is 0 Å². The van der Waals surface area contributed by atoms with Gasteiger partial charge in [0.1, 0.15) is 0 Å². The number of aliphatic hydroxyl groups is 2. The summed E-state index contributed by atoms with van der Waals surface area (Å²) in [7, 11) is 0. The van der Waals surface area contributed by atoms with E-state index in [-0.39, 0.29) is 13.2 Å². The molecule has 56 valence electrons. The van der Waals surface area contributed by atoms with Crippen molar-refractivity contribution in [1.29, 1.82) is 0 Å². The van der Waals surface area contributed by atoms with Crippen LogP contribution in [0.4, 0.5) is 0 Å². The Balaban J connectivity index is 3.18. The maximum atomic E-state index is 8.38. The van der Waals surface area contributed by atoms with Gasteiger partial charge in [-0.05, 0) is 0 Å². The molecule has 0 spiro atoms. The molecule has 5 heteroatoms. The highest BCUT2D eigenvalue weighted by molar-refractivity contribution is 4.44. The van der Waals surface area contributed by atoms with E-state index in [1.54, 1.807) is 0 Å². The van der Waals surface area contributed by atoms with Gasteiger partial charge in [0.05, 0.1) is 13.2 Å². The number of nitrogens with one attached hydrogen (secondary N) is 1. The molecule has 0 atom stereocenters. The molecule has 5 nitrogen and oxygen atoms in total. The van der Waals surface area contributed by atoms with Gasteiger partial charge in [0, 0.05) is 13.1 Å². The van der Waals surface area contributed by atoms with Crippen LogP contribution in [-0.2, 0) is 0 Å². The molecule has 5 N–H and O–H groups in total. The lowest BCUT2D eigenvalue weighted by atomic mass is 10.6. The minimum Gasteiger partial charge on any atom is -0.395 e. The molecule has 0 saturated heterocycles. The SMILES string of the molecule is NNN(CCO)CCO. The fourth-order valence-corrected chi connectivity index (χ4v) is 0.482. The molecular weight excluding hydrogens is 122 g/mol. The molecule has 0 amide bonds. The van der Waals surface area contributed by atoms with Crippen LogP contribution in [0.1, 0.15) is 0 Å². The third kappa shape index (κ3) is 4.31. The van der Waals surface area contributed by atoms with Crippen molar-refractivity contribution >= 4 is 0 Å². The first kappa shape index (κ1) is 8.80. The van der Waals surface area contributed by atoms with E-state index in [1.807, 2.05) is 0 Å². The van der Waals surface area contributed by atoms with Crippen LogP contribution in [0.25, 0.3) is 0 Å². The fraction of sp³-hybridized carbons (Fsp3) is 1.00.